The third-order valence-electron chi connectivity index (χ3n) is 10.6. The van der Waals surface area contributed by atoms with Crippen LogP contribution < -0.4 is 5.73 Å². The summed E-state index contributed by atoms with van der Waals surface area (Å²) >= 11 is 0. The van der Waals surface area contributed by atoms with Gasteiger partial charge in [-0.15, -0.1) is 0 Å². The first kappa shape index (κ1) is 34.3. The van der Waals surface area contributed by atoms with Crippen molar-refractivity contribution in [3.63, 3.8) is 0 Å². The van der Waals surface area contributed by atoms with Gasteiger partial charge in [0.1, 0.15) is 18.2 Å². The number of ether oxygens (including phenoxy) is 2. The molecule has 0 saturated heterocycles. The highest BCUT2D eigenvalue weighted by atomic mass is 19.1. The number of esters is 2. The first-order chi connectivity index (χ1) is 20.6. The molecule has 0 spiro atoms. The minimum Gasteiger partial charge on any atom is -0.463 e. The lowest BCUT2D eigenvalue weighted by molar-refractivity contribution is -0.492. The van der Waals surface area contributed by atoms with Crippen LogP contribution in [-0.4, -0.2) is 92.8 Å². The first-order valence-corrected chi connectivity index (χ1v) is 15.1. The summed E-state index contributed by atoms with van der Waals surface area (Å²) in [5.74, 6) is -3.74. The Bertz CT molecular complexity index is 1210. The van der Waals surface area contributed by atoms with Crippen molar-refractivity contribution in [1.82, 2.24) is 5.39 Å². The molecule has 3 saturated carbocycles. The molecule has 8 atom stereocenters. The van der Waals surface area contributed by atoms with Crippen LogP contribution in [0.25, 0.3) is 0 Å². The third-order valence-corrected chi connectivity index (χ3v) is 10.6. The van der Waals surface area contributed by atoms with Gasteiger partial charge in [-0.1, -0.05) is 25.0 Å². The number of hydrogen-bond acceptors (Lipinski definition) is 13. The molecule has 13 nitrogen and oxygen atoms in total. The number of aliphatic hydroxyl groups excluding tert-OH is 1. The smallest absolute Gasteiger partial charge is 0.326 e. The highest BCUT2D eigenvalue weighted by molar-refractivity contribution is 6.01. The van der Waals surface area contributed by atoms with E-state index in [1.165, 1.54) is 18.2 Å². The Morgan fingerprint density at radius 1 is 1.14 bits per heavy atom. The molecule has 0 amide bonds. The minimum atomic E-state index is -2.10. The molecule has 4 unspecified atom stereocenters. The maximum atomic E-state index is 17.2. The normalized spacial score (nSPS) is 36.6. The lowest BCUT2D eigenvalue weighted by Crippen LogP contribution is -2.69. The van der Waals surface area contributed by atoms with E-state index < -0.39 is 82.4 Å². The van der Waals surface area contributed by atoms with E-state index in [4.69, 9.17) is 25.6 Å². The maximum Gasteiger partial charge on any atom is 0.326 e. The fraction of sp³-hybridized carbons (Fsp3) is 0.733. The van der Waals surface area contributed by atoms with E-state index in [-0.39, 0.29) is 31.7 Å². The molecule has 0 heterocycles. The zero-order valence-electron chi connectivity index (χ0n) is 25.1. The van der Waals surface area contributed by atoms with Crippen molar-refractivity contribution in [2.24, 2.45) is 28.4 Å². The monoisotopic (exact) mass is 626 g/mol. The van der Waals surface area contributed by atoms with E-state index in [2.05, 4.69) is 4.84 Å². The van der Waals surface area contributed by atoms with Gasteiger partial charge in [-0.05, 0) is 69.9 Å². The quantitative estimate of drug-likeness (QED) is 0.112. The number of aliphatic hydroxyl groups is 2. The summed E-state index contributed by atoms with van der Waals surface area (Å²) in [4.78, 5) is 54.2. The van der Waals surface area contributed by atoms with Crippen molar-refractivity contribution in [2.75, 3.05) is 19.8 Å². The molecule has 0 aromatic rings. The number of nitrogens with zero attached hydrogens (tertiary/aromatic N) is 1. The summed E-state index contributed by atoms with van der Waals surface area (Å²) < 4.78 is 27.3. The van der Waals surface area contributed by atoms with Crippen LogP contribution in [-0.2, 0) is 33.5 Å². The van der Waals surface area contributed by atoms with Crippen LogP contribution in [0.5, 0.6) is 0 Å². The van der Waals surface area contributed by atoms with Gasteiger partial charge in [0.05, 0.1) is 18.1 Å². The molecule has 44 heavy (non-hydrogen) atoms. The Balaban J connectivity index is 1.31. The average molecular weight is 627 g/mol. The van der Waals surface area contributed by atoms with Crippen molar-refractivity contribution >= 4 is 23.5 Å². The maximum absolute atomic E-state index is 17.2. The van der Waals surface area contributed by atoms with Gasteiger partial charge in [0, 0.05) is 23.2 Å². The fourth-order valence-electron chi connectivity index (χ4n) is 8.05. The number of halogens is 1. The molecule has 246 valence electrons. The van der Waals surface area contributed by atoms with Crippen LogP contribution in [0, 0.1) is 22.7 Å². The number of rotatable bonds is 13. The predicted octanol–water partition coefficient (Wildman–Crippen LogP) is 1.64. The molecule has 4 aliphatic carbocycles. The number of ketones is 2. The van der Waals surface area contributed by atoms with Gasteiger partial charge < -0.3 is 25.4 Å². The molecule has 4 aliphatic rings. The lowest BCUT2D eigenvalue weighted by atomic mass is 9.44. The van der Waals surface area contributed by atoms with Crippen molar-refractivity contribution in [2.45, 2.75) is 95.1 Å². The number of nitrogens with two attached hydrogens (primary N) is 1. The van der Waals surface area contributed by atoms with E-state index in [1.54, 1.807) is 13.8 Å². The van der Waals surface area contributed by atoms with Crippen molar-refractivity contribution in [3.8, 4) is 0 Å². The Labute approximate surface area is 254 Å². The van der Waals surface area contributed by atoms with Crippen LogP contribution in [0.2, 0.25) is 0 Å². The number of allylic oxidation sites excluding steroid dienone is 4. The Hall–Kier alpha value is -2.59. The summed E-state index contributed by atoms with van der Waals surface area (Å²) in [7, 11) is 0. The third kappa shape index (κ3) is 6.00. The lowest BCUT2D eigenvalue weighted by Gasteiger charge is -2.62. The number of Topliss-reactive ketones (excluding diaryl/α,β-unsaturated/α-hetero) is 1. The molecule has 6 N–H and O–H groups in total. The summed E-state index contributed by atoms with van der Waals surface area (Å²) in [5.41, 5.74) is -0.0578. The zero-order valence-corrected chi connectivity index (χ0v) is 25.1. The van der Waals surface area contributed by atoms with E-state index >= 15 is 4.39 Å². The van der Waals surface area contributed by atoms with Crippen molar-refractivity contribution in [3.05, 3.63) is 23.8 Å². The largest absolute Gasteiger partial charge is 0.463 e. The number of carbonyl (C=O) groups excluding carboxylic acids is 4. The van der Waals surface area contributed by atoms with Crippen LogP contribution in [0.15, 0.2) is 23.8 Å². The van der Waals surface area contributed by atoms with E-state index in [0.29, 0.717) is 44.1 Å². The molecular formula is C30H43FN2O11. The number of hydrogen-bond donors (Lipinski definition) is 5. The second kappa shape index (κ2) is 13.0. The summed E-state index contributed by atoms with van der Waals surface area (Å²) in [5, 5.41) is 39.6. The molecule has 0 aromatic carbocycles. The Morgan fingerprint density at radius 2 is 1.86 bits per heavy atom. The van der Waals surface area contributed by atoms with E-state index in [9.17, 15) is 29.4 Å². The van der Waals surface area contributed by atoms with E-state index in [0.717, 1.165) is 0 Å². The second-order valence-corrected chi connectivity index (χ2v) is 12.9. The molecule has 0 bridgehead atoms. The van der Waals surface area contributed by atoms with Gasteiger partial charge in [-0.3, -0.25) is 34.4 Å². The van der Waals surface area contributed by atoms with Gasteiger partial charge in [-0.2, -0.15) is 0 Å². The van der Waals surface area contributed by atoms with Crippen LogP contribution in [0.4, 0.5) is 4.39 Å². The van der Waals surface area contributed by atoms with Gasteiger partial charge in [-0.25, -0.2) is 4.39 Å². The molecule has 4 rings (SSSR count). The predicted molar refractivity (Wildman–Crippen MR) is 148 cm³/mol. The van der Waals surface area contributed by atoms with Gasteiger partial charge in [0.25, 0.3) is 0 Å². The topological polar surface area (TPSA) is 206 Å². The number of alkyl halides is 1. The fourth-order valence-corrected chi connectivity index (χ4v) is 8.05. The van der Waals surface area contributed by atoms with Crippen LogP contribution >= 0.6 is 0 Å². The SMILES string of the molecule is C[C@]12C=CC(=O)C=C1CC[C@H]1C3CCC(O)(C(=O)COC(=O)C(N)COC(=O)CCCCCON(O)O)[C@@]3(C)C[C@H](O)C12F. The number of unbranched alkanes of at least 4 members (excludes halogenated alkanes) is 2. The van der Waals surface area contributed by atoms with E-state index in [1.807, 2.05) is 0 Å². The molecule has 0 radical (unpaired) electrons. The first-order valence-electron chi connectivity index (χ1n) is 15.1. The molecule has 0 aromatic heterocycles. The van der Waals surface area contributed by atoms with Crippen LogP contribution in [0.3, 0.4) is 0 Å². The standard InChI is InChI=1S/C30H43FN2O11/c1-27-11-9-19(34)14-18(27)7-8-21-20-10-12-29(39,28(20,2)15-23(35)30(21,27)31)24(36)17-43-26(38)22(32)16-42-25(37)6-4-3-5-13-44-33(40)41/h9,11,14,20-23,35,39-41H,3-8,10,12-13,15-17,32H2,1-2H3/t20?,21-,22?,23-,27-,28-,29?,30?/m0/s1. The second-order valence-electron chi connectivity index (χ2n) is 12.9. The molecular weight excluding hydrogens is 583 g/mol. The highest BCUT2D eigenvalue weighted by Crippen LogP contribution is 2.69. The van der Waals surface area contributed by atoms with Crippen molar-refractivity contribution < 1.29 is 58.5 Å². The van der Waals surface area contributed by atoms with Gasteiger partial charge >= 0.3 is 11.9 Å². The summed E-state index contributed by atoms with van der Waals surface area (Å²) in [6, 6.07) is -1.37. The Kier molecular flexibility index (Phi) is 10.2. The summed E-state index contributed by atoms with van der Waals surface area (Å²) in [6.45, 7) is 2.13. The zero-order chi connectivity index (χ0) is 32.5. The minimum absolute atomic E-state index is 0.00559. The van der Waals surface area contributed by atoms with Gasteiger partial charge in [0.15, 0.2) is 18.1 Å². The summed E-state index contributed by atoms with van der Waals surface area (Å²) in [6.07, 6.45) is 5.19. The van der Waals surface area contributed by atoms with Crippen molar-refractivity contribution in [1.29, 1.82) is 0 Å². The molecule has 0 aliphatic heterocycles. The Morgan fingerprint density at radius 3 is 2.57 bits per heavy atom. The number of fused-ring (bicyclic) bond motifs is 5. The highest BCUT2D eigenvalue weighted by Gasteiger charge is 2.74. The average Bonchev–Trinajstić information content (AvgIpc) is 3.23. The van der Waals surface area contributed by atoms with Crippen LogP contribution in [0.1, 0.15) is 71.6 Å². The number of carbonyl (C=O) groups is 4. The molecule has 3 fully saturated rings. The van der Waals surface area contributed by atoms with Gasteiger partial charge in [0.2, 0.25) is 5.78 Å². The molecule has 14 heteroatoms.